The Morgan fingerprint density at radius 3 is 2.35 bits per heavy atom. The fraction of sp³-hybridized carbons (Fsp3) is 0.750. The van der Waals surface area contributed by atoms with E-state index in [0.717, 1.165) is 25.7 Å². The van der Waals surface area contributed by atoms with Crippen molar-refractivity contribution >= 4 is 17.7 Å². The van der Waals surface area contributed by atoms with Crippen LogP contribution < -0.4 is 0 Å². The molecule has 1 saturated heterocycles. The predicted octanol–water partition coefficient (Wildman–Crippen LogP) is 0.821. The van der Waals surface area contributed by atoms with Crippen LogP contribution in [0.15, 0.2) is 0 Å². The lowest BCUT2D eigenvalue weighted by atomic mass is 9.89. The van der Waals surface area contributed by atoms with Crippen molar-refractivity contribution in [1.29, 1.82) is 0 Å². The van der Waals surface area contributed by atoms with E-state index in [1.54, 1.807) is 4.90 Å². The van der Waals surface area contributed by atoms with Crippen molar-refractivity contribution in [2.45, 2.75) is 44.6 Å². The summed E-state index contributed by atoms with van der Waals surface area (Å²) < 4.78 is 0. The Kier molecular flexibility index (Phi) is 3.45. The van der Waals surface area contributed by atoms with Crippen molar-refractivity contribution in [1.82, 2.24) is 4.90 Å². The van der Waals surface area contributed by atoms with Crippen LogP contribution in [0.25, 0.3) is 0 Å². The highest BCUT2D eigenvalue weighted by atomic mass is 16.4. The van der Waals surface area contributed by atoms with Gasteiger partial charge in [-0.2, -0.15) is 0 Å². The maximum absolute atomic E-state index is 11.9. The molecule has 1 heterocycles. The molecular weight excluding hydrogens is 222 g/mol. The van der Waals surface area contributed by atoms with Gasteiger partial charge in [-0.15, -0.1) is 0 Å². The fourth-order valence-corrected chi connectivity index (χ4v) is 2.77. The largest absolute Gasteiger partial charge is 0.481 e. The zero-order valence-corrected chi connectivity index (χ0v) is 9.72. The molecule has 2 fully saturated rings. The van der Waals surface area contributed by atoms with Gasteiger partial charge in [0.25, 0.3) is 5.91 Å². The molecule has 0 aromatic heterocycles. The summed E-state index contributed by atoms with van der Waals surface area (Å²) in [5.41, 5.74) is 0. The van der Waals surface area contributed by atoms with Crippen molar-refractivity contribution in [2.24, 2.45) is 5.92 Å². The minimum absolute atomic E-state index is 0.148. The lowest BCUT2D eigenvalue weighted by Crippen LogP contribution is -2.52. The number of aliphatic carboxylic acids is 1. The van der Waals surface area contributed by atoms with Gasteiger partial charge in [0.15, 0.2) is 0 Å². The number of piperidine rings is 1. The maximum Gasteiger partial charge on any atom is 0.314 e. The first kappa shape index (κ1) is 12.1. The molecule has 5 heteroatoms. The van der Waals surface area contributed by atoms with E-state index in [0.29, 0.717) is 6.54 Å². The number of likely N-dealkylation sites (tertiary alicyclic amines) is 1. The monoisotopic (exact) mass is 239 g/mol. The molecule has 1 N–H and O–H groups in total. The van der Waals surface area contributed by atoms with Crippen molar-refractivity contribution < 1.29 is 19.5 Å². The Labute approximate surface area is 99.8 Å². The summed E-state index contributed by atoms with van der Waals surface area (Å²) in [6.45, 7) is 0.409. The Morgan fingerprint density at radius 2 is 1.76 bits per heavy atom. The molecule has 0 bridgehead atoms. The molecule has 5 nitrogen and oxygen atoms in total. The third-order valence-corrected chi connectivity index (χ3v) is 3.76. The van der Waals surface area contributed by atoms with Crippen LogP contribution in [0, 0.1) is 5.92 Å². The molecule has 1 unspecified atom stereocenters. The average molecular weight is 239 g/mol. The number of Topliss-reactive ketones (excluding diaryl/α,β-unsaturated/α-hetero) is 1. The van der Waals surface area contributed by atoms with Gasteiger partial charge in [0.2, 0.25) is 5.78 Å². The number of carbonyl (C=O) groups excluding carboxylic acids is 2. The molecule has 1 atom stereocenters. The van der Waals surface area contributed by atoms with Crippen molar-refractivity contribution in [3.63, 3.8) is 0 Å². The van der Waals surface area contributed by atoms with Gasteiger partial charge in [0, 0.05) is 12.6 Å². The molecule has 0 radical (unpaired) electrons. The molecular formula is C12H17NO4. The number of amides is 1. The summed E-state index contributed by atoms with van der Waals surface area (Å²) in [6, 6.07) is 0.148. The highest BCUT2D eigenvalue weighted by molar-refractivity contribution is 6.40. The maximum atomic E-state index is 11.9. The second kappa shape index (κ2) is 4.85. The van der Waals surface area contributed by atoms with Crippen LogP contribution in [0.1, 0.15) is 38.5 Å². The van der Waals surface area contributed by atoms with Crippen LogP contribution >= 0.6 is 0 Å². The lowest BCUT2D eigenvalue weighted by Gasteiger charge is -2.37. The molecule has 0 spiro atoms. The topological polar surface area (TPSA) is 74.7 Å². The van der Waals surface area contributed by atoms with Crippen molar-refractivity contribution in [3.8, 4) is 0 Å². The average Bonchev–Trinajstić information content (AvgIpc) is 2.33. The molecule has 2 rings (SSSR count). The SMILES string of the molecule is O=C(O)C1CCN(C2CCCCC2)C(=O)C1=O. The van der Waals surface area contributed by atoms with Crippen LogP contribution in [0.4, 0.5) is 0 Å². The number of nitrogens with zero attached hydrogens (tertiary/aromatic N) is 1. The molecule has 2 aliphatic rings. The van der Waals surface area contributed by atoms with E-state index in [-0.39, 0.29) is 12.5 Å². The van der Waals surface area contributed by atoms with E-state index >= 15 is 0 Å². The second-order valence-electron chi connectivity index (χ2n) is 4.83. The first-order valence-electron chi connectivity index (χ1n) is 6.19. The molecule has 1 aliphatic carbocycles. The van der Waals surface area contributed by atoms with Crippen molar-refractivity contribution in [2.75, 3.05) is 6.54 Å². The zero-order valence-electron chi connectivity index (χ0n) is 9.72. The zero-order chi connectivity index (χ0) is 12.4. The summed E-state index contributed by atoms with van der Waals surface area (Å²) in [4.78, 5) is 35.9. The van der Waals surface area contributed by atoms with Gasteiger partial charge in [-0.25, -0.2) is 0 Å². The molecule has 0 aromatic rings. The van der Waals surface area contributed by atoms with Gasteiger partial charge < -0.3 is 10.0 Å². The Hall–Kier alpha value is -1.39. The van der Waals surface area contributed by atoms with E-state index in [4.69, 9.17) is 5.11 Å². The van der Waals surface area contributed by atoms with E-state index < -0.39 is 23.6 Å². The predicted molar refractivity (Wildman–Crippen MR) is 59.3 cm³/mol. The molecule has 1 saturated carbocycles. The Balaban J connectivity index is 2.05. The van der Waals surface area contributed by atoms with Crippen LogP contribution in [-0.4, -0.2) is 40.3 Å². The van der Waals surface area contributed by atoms with Crippen LogP contribution in [0.5, 0.6) is 0 Å². The summed E-state index contributed by atoms with van der Waals surface area (Å²) >= 11 is 0. The standard InChI is InChI=1S/C12H17NO4/c14-10-9(12(16)17)6-7-13(11(10)15)8-4-2-1-3-5-8/h8-9H,1-7H2,(H,16,17). The molecule has 0 aromatic carbocycles. The quantitative estimate of drug-likeness (QED) is 0.572. The van der Waals surface area contributed by atoms with Crippen molar-refractivity contribution in [3.05, 3.63) is 0 Å². The number of hydrogen-bond acceptors (Lipinski definition) is 3. The summed E-state index contributed by atoms with van der Waals surface area (Å²) in [7, 11) is 0. The molecule has 1 amide bonds. The second-order valence-corrected chi connectivity index (χ2v) is 4.83. The van der Waals surface area contributed by atoms with E-state index in [1.807, 2.05) is 0 Å². The normalized spacial score (nSPS) is 27.3. The highest BCUT2D eigenvalue weighted by Gasteiger charge is 2.41. The van der Waals surface area contributed by atoms with Crippen LogP contribution in [0.2, 0.25) is 0 Å². The van der Waals surface area contributed by atoms with E-state index in [2.05, 4.69) is 0 Å². The molecule has 94 valence electrons. The summed E-state index contributed by atoms with van der Waals surface area (Å²) in [5, 5.41) is 8.83. The van der Waals surface area contributed by atoms with Gasteiger partial charge in [-0.3, -0.25) is 14.4 Å². The van der Waals surface area contributed by atoms with Gasteiger partial charge >= 0.3 is 5.97 Å². The van der Waals surface area contributed by atoms with Crippen LogP contribution in [-0.2, 0) is 14.4 Å². The summed E-state index contributed by atoms with van der Waals surface area (Å²) in [5.74, 6) is -3.63. The van der Waals surface area contributed by atoms with Crippen LogP contribution in [0.3, 0.4) is 0 Å². The van der Waals surface area contributed by atoms with Gasteiger partial charge in [-0.05, 0) is 19.3 Å². The Morgan fingerprint density at radius 1 is 1.12 bits per heavy atom. The number of rotatable bonds is 2. The highest BCUT2D eigenvalue weighted by Crippen LogP contribution is 2.26. The van der Waals surface area contributed by atoms with Gasteiger partial charge in [-0.1, -0.05) is 19.3 Å². The van der Waals surface area contributed by atoms with Gasteiger partial charge in [0.05, 0.1) is 0 Å². The smallest absolute Gasteiger partial charge is 0.314 e. The molecule has 1 aliphatic heterocycles. The van der Waals surface area contributed by atoms with Gasteiger partial charge in [0.1, 0.15) is 5.92 Å². The molecule has 17 heavy (non-hydrogen) atoms. The minimum Gasteiger partial charge on any atom is -0.481 e. The minimum atomic E-state index is -1.17. The number of ketones is 1. The van der Waals surface area contributed by atoms with E-state index in [9.17, 15) is 14.4 Å². The van der Waals surface area contributed by atoms with E-state index in [1.165, 1.54) is 6.42 Å². The fourth-order valence-electron chi connectivity index (χ4n) is 2.77. The Bertz CT molecular complexity index is 346. The lowest BCUT2D eigenvalue weighted by molar-refractivity contribution is -0.159. The number of carbonyl (C=O) groups is 3. The number of carboxylic acids is 1. The number of carboxylic acid groups (broad SMARTS) is 1. The third kappa shape index (κ3) is 2.33. The summed E-state index contributed by atoms with van der Waals surface area (Å²) in [6.07, 6.45) is 5.50. The first-order chi connectivity index (χ1) is 8.11. The third-order valence-electron chi connectivity index (χ3n) is 3.76. The number of hydrogen-bond donors (Lipinski definition) is 1. The first-order valence-corrected chi connectivity index (χ1v) is 6.19.